The van der Waals surface area contributed by atoms with Crippen molar-refractivity contribution in [1.29, 1.82) is 0 Å². The molecule has 0 saturated carbocycles. The smallest absolute Gasteiger partial charge is 0.0627 e. The monoisotopic (exact) mass is 196 g/mol. The second-order valence-corrected chi connectivity index (χ2v) is 4.71. The first kappa shape index (κ1) is 10.1. The molecule has 0 aromatic rings. The van der Waals surface area contributed by atoms with Crippen LogP contribution in [0.5, 0.6) is 0 Å². The number of allylic oxidation sites excluding steroid dienone is 1. The number of hydrogen-bond acceptors (Lipinski definition) is 3. The summed E-state index contributed by atoms with van der Waals surface area (Å²) in [6, 6.07) is 0.287. The summed E-state index contributed by atoms with van der Waals surface area (Å²) in [6.45, 7) is 4.22. The minimum atomic E-state index is 0.287. The van der Waals surface area contributed by atoms with Gasteiger partial charge < -0.3 is 4.74 Å². The summed E-state index contributed by atoms with van der Waals surface area (Å²) >= 11 is 0. The minimum Gasteiger partial charge on any atom is -0.375 e. The van der Waals surface area contributed by atoms with Crippen molar-refractivity contribution in [3.05, 3.63) is 11.6 Å². The van der Waals surface area contributed by atoms with Gasteiger partial charge in [0.05, 0.1) is 12.2 Å². The van der Waals surface area contributed by atoms with E-state index in [1.807, 2.05) is 0 Å². The van der Waals surface area contributed by atoms with Gasteiger partial charge in [0.25, 0.3) is 0 Å². The van der Waals surface area contributed by atoms with E-state index in [2.05, 4.69) is 25.3 Å². The van der Waals surface area contributed by atoms with Crippen LogP contribution in [-0.2, 0) is 4.74 Å². The van der Waals surface area contributed by atoms with Crippen molar-refractivity contribution in [2.24, 2.45) is 11.8 Å². The third kappa shape index (κ3) is 1.85. The van der Waals surface area contributed by atoms with E-state index in [0.29, 0.717) is 18.1 Å². The highest BCUT2D eigenvalue weighted by molar-refractivity contribution is 5.07. The molecule has 2 heterocycles. The molecule has 2 aliphatic heterocycles. The van der Waals surface area contributed by atoms with Crippen molar-refractivity contribution in [2.45, 2.75) is 51.4 Å². The maximum Gasteiger partial charge on any atom is 0.0627 e. The molecule has 2 saturated heterocycles. The molecule has 4 unspecified atom stereocenters. The lowest BCUT2D eigenvalue weighted by Gasteiger charge is -2.25. The summed E-state index contributed by atoms with van der Waals surface area (Å²) in [4.78, 5) is 0. The molecule has 3 N–H and O–H groups in total. The van der Waals surface area contributed by atoms with E-state index in [0.717, 1.165) is 0 Å². The van der Waals surface area contributed by atoms with E-state index in [-0.39, 0.29) is 6.04 Å². The van der Waals surface area contributed by atoms with Crippen LogP contribution in [-0.4, -0.2) is 18.2 Å². The van der Waals surface area contributed by atoms with Crippen molar-refractivity contribution in [3.63, 3.8) is 0 Å². The lowest BCUT2D eigenvalue weighted by atomic mass is 9.83. The summed E-state index contributed by atoms with van der Waals surface area (Å²) in [7, 11) is 0. The Kier molecular flexibility index (Phi) is 2.91. The Bertz CT molecular complexity index is 235. The van der Waals surface area contributed by atoms with Crippen LogP contribution in [0.25, 0.3) is 0 Å². The van der Waals surface area contributed by atoms with Crippen LogP contribution in [0.4, 0.5) is 0 Å². The fourth-order valence-corrected chi connectivity index (χ4v) is 2.71. The predicted octanol–water partition coefficient (Wildman–Crippen LogP) is 1.35. The first-order valence-corrected chi connectivity index (χ1v) is 5.47. The van der Waals surface area contributed by atoms with Gasteiger partial charge in [-0.3, -0.25) is 11.3 Å². The molecule has 3 nitrogen and oxygen atoms in total. The standard InChI is InChI=1S/C11H20N2O/c1-7(2)5-10(13-12)9-6-8-3-4-11(9)14-8/h5,8-11,13H,3-4,6,12H2,1-2H3. The topological polar surface area (TPSA) is 47.3 Å². The summed E-state index contributed by atoms with van der Waals surface area (Å²) < 4.78 is 5.82. The Labute approximate surface area is 85.7 Å². The van der Waals surface area contributed by atoms with Gasteiger partial charge in [-0.1, -0.05) is 11.6 Å². The number of hydrogen-bond donors (Lipinski definition) is 2. The maximum absolute atomic E-state index is 5.82. The Hall–Kier alpha value is -0.380. The van der Waals surface area contributed by atoms with E-state index in [1.54, 1.807) is 0 Å². The molecule has 0 spiro atoms. The molecule has 2 fully saturated rings. The van der Waals surface area contributed by atoms with Gasteiger partial charge in [-0.15, -0.1) is 0 Å². The summed E-state index contributed by atoms with van der Waals surface area (Å²) in [6.07, 6.45) is 6.79. The highest BCUT2D eigenvalue weighted by Gasteiger charge is 2.43. The Morgan fingerprint density at radius 2 is 2.29 bits per heavy atom. The predicted molar refractivity (Wildman–Crippen MR) is 56.5 cm³/mol. The number of fused-ring (bicyclic) bond motifs is 2. The third-order valence-corrected chi connectivity index (χ3v) is 3.32. The van der Waals surface area contributed by atoms with Crippen molar-refractivity contribution in [1.82, 2.24) is 5.43 Å². The summed E-state index contributed by atoms with van der Waals surface area (Å²) in [5.41, 5.74) is 4.22. The molecular formula is C11H20N2O. The van der Waals surface area contributed by atoms with Gasteiger partial charge in [-0.25, -0.2) is 0 Å². The molecule has 14 heavy (non-hydrogen) atoms. The molecule has 0 aliphatic carbocycles. The van der Waals surface area contributed by atoms with Gasteiger partial charge in [-0.2, -0.15) is 0 Å². The number of hydrazine groups is 1. The van der Waals surface area contributed by atoms with Crippen molar-refractivity contribution < 1.29 is 4.74 Å². The van der Waals surface area contributed by atoms with Crippen LogP contribution in [0.1, 0.15) is 33.1 Å². The highest BCUT2D eigenvalue weighted by atomic mass is 16.5. The van der Waals surface area contributed by atoms with Crippen LogP contribution in [0, 0.1) is 5.92 Å². The Morgan fingerprint density at radius 3 is 2.71 bits per heavy atom. The second-order valence-electron chi connectivity index (χ2n) is 4.71. The first-order chi connectivity index (χ1) is 6.70. The Morgan fingerprint density at radius 1 is 1.50 bits per heavy atom. The lowest BCUT2D eigenvalue weighted by molar-refractivity contribution is 0.0888. The number of nitrogens with one attached hydrogen (secondary N) is 1. The largest absolute Gasteiger partial charge is 0.375 e. The van der Waals surface area contributed by atoms with Crippen LogP contribution < -0.4 is 11.3 Å². The van der Waals surface area contributed by atoms with Gasteiger partial charge in [0.15, 0.2) is 0 Å². The highest BCUT2D eigenvalue weighted by Crippen LogP contribution is 2.40. The van der Waals surface area contributed by atoms with Gasteiger partial charge in [0, 0.05) is 12.0 Å². The normalized spacial score (nSPS) is 37.2. The molecule has 80 valence electrons. The molecule has 0 aromatic heterocycles. The number of rotatable bonds is 3. The molecular weight excluding hydrogens is 176 g/mol. The van der Waals surface area contributed by atoms with E-state index in [1.165, 1.54) is 24.8 Å². The zero-order valence-corrected chi connectivity index (χ0v) is 8.99. The number of nitrogens with two attached hydrogens (primary N) is 1. The van der Waals surface area contributed by atoms with Gasteiger partial charge in [0.1, 0.15) is 0 Å². The SMILES string of the molecule is CC(C)=CC(NN)C1CC2CCC1O2. The molecule has 0 aromatic carbocycles. The average Bonchev–Trinajstić information content (AvgIpc) is 2.74. The molecule has 4 atom stereocenters. The summed E-state index contributed by atoms with van der Waals surface area (Å²) in [5, 5.41) is 0. The van der Waals surface area contributed by atoms with Crippen LogP contribution in [0.3, 0.4) is 0 Å². The molecule has 2 rings (SSSR count). The first-order valence-electron chi connectivity index (χ1n) is 5.47. The molecule has 3 heteroatoms. The zero-order valence-electron chi connectivity index (χ0n) is 8.99. The molecule has 2 bridgehead atoms. The fraction of sp³-hybridized carbons (Fsp3) is 0.818. The number of ether oxygens (including phenoxy) is 1. The van der Waals surface area contributed by atoms with E-state index >= 15 is 0 Å². The van der Waals surface area contributed by atoms with Crippen LogP contribution in [0.2, 0.25) is 0 Å². The Balaban J connectivity index is 2.02. The van der Waals surface area contributed by atoms with Crippen molar-refractivity contribution >= 4 is 0 Å². The molecule has 2 aliphatic rings. The molecule has 0 radical (unpaired) electrons. The van der Waals surface area contributed by atoms with E-state index < -0.39 is 0 Å². The van der Waals surface area contributed by atoms with Gasteiger partial charge in [-0.05, 0) is 33.1 Å². The fourth-order valence-electron chi connectivity index (χ4n) is 2.71. The van der Waals surface area contributed by atoms with E-state index in [9.17, 15) is 0 Å². The zero-order chi connectivity index (χ0) is 10.1. The maximum atomic E-state index is 5.82. The van der Waals surface area contributed by atoms with E-state index in [4.69, 9.17) is 10.6 Å². The quantitative estimate of drug-likeness (QED) is 0.407. The second kappa shape index (κ2) is 4.01. The van der Waals surface area contributed by atoms with Crippen LogP contribution >= 0.6 is 0 Å². The average molecular weight is 196 g/mol. The van der Waals surface area contributed by atoms with Crippen molar-refractivity contribution in [2.75, 3.05) is 0 Å². The van der Waals surface area contributed by atoms with Gasteiger partial charge in [0.2, 0.25) is 0 Å². The summed E-state index contributed by atoms with van der Waals surface area (Å²) in [5.74, 6) is 6.16. The van der Waals surface area contributed by atoms with Gasteiger partial charge >= 0.3 is 0 Å². The van der Waals surface area contributed by atoms with Crippen molar-refractivity contribution in [3.8, 4) is 0 Å². The van der Waals surface area contributed by atoms with Crippen LogP contribution in [0.15, 0.2) is 11.6 Å². The lowest BCUT2D eigenvalue weighted by Crippen LogP contribution is -2.43. The minimum absolute atomic E-state index is 0.287. The molecule has 0 amide bonds. The third-order valence-electron chi connectivity index (χ3n) is 3.32.